The lowest BCUT2D eigenvalue weighted by molar-refractivity contribution is 0.0912. The van der Waals surface area contributed by atoms with Gasteiger partial charge in [0.25, 0.3) is 5.91 Å². The average molecular weight is 239 g/mol. The van der Waals surface area contributed by atoms with E-state index in [0.717, 1.165) is 11.3 Å². The number of hydrogen-bond acceptors (Lipinski definition) is 3. The van der Waals surface area contributed by atoms with Gasteiger partial charge in [-0.25, -0.2) is 0 Å². The molecule has 0 bridgehead atoms. The molecule has 3 nitrogen and oxygen atoms in total. The monoisotopic (exact) mass is 239 g/mol. The van der Waals surface area contributed by atoms with Crippen molar-refractivity contribution in [3.63, 3.8) is 0 Å². The minimum atomic E-state index is -0.164. The maximum atomic E-state index is 11.9. The molecule has 0 spiro atoms. The number of hydrogen-bond donors (Lipinski definition) is 2. The van der Waals surface area contributed by atoms with E-state index >= 15 is 0 Å². The van der Waals surface area contributed by atoms with Gasteiger partial charge < -0.3 is 10.4 Å². The summed E-state index contributed by atoms with van der Waals surface area (Å²) in [4.78, 5) is 12.9. The number of aliphatic hydroxyl groups excluding tert-OH is 1. The molecule has 1 atom stereocenters. The van der Waals surface area contributed by atoms with Crippen molar-refractivity contribution in [1.82, 2.24) is 5.32 Å². The van der Waals surface area contributed by atoms with E-state index in [1.54, 1.807) is 17.8 Å². The Balaban J connectivity index is 2.79. The van der Waals surface area contributed by atoms with E-state index in [9.17, 15) is 4.79 Å². The van der Waals surface area contributed by atoms with Crippen molar-refractivity contribution in [3.8, 4) is 0 Å². The summed E-state index contributed by atoms with van der Waals surface area (Å²) >= 11 is 1.54. The highest BCUT2D eigenvalue weighted by atomic mass is 32.2. The molecular formula is C12H17NO2S. The molecule has 0 saturated heterocycles. The molecule has 16 heavy (non-hydrogen) atoms. The summed E-state index contributed by atoms with van der Waals surface area (Å²) in [6, 6.07) is 7.30. The predicted octanol–water partition coefficient (Wildman–Crippen LogP) is 1.91. The number of thioether (sulfide) groups is 1. The van der Waals surface area contributed by atoms with Crippen molar-refractivity contribution in [2.24, 2.45) is 0 Å². The Morgan fingerprint density at radius 1 is 1.50 bits per heavy atom. The first-order valence-corrected chi connectivity index (χ1v) is 6.50. The molecule has 0 saturated carbocycles. The topological polar surface area (TPSA) is 49.3 Å². The third kappa shape index (κ3) is 3.25. The van der Waals surface area contributed by atoms with E-state index in [1.807, 2.05) is 31.4 Å². The van der Waals surface area contributed by atoms with Crippen molar-refractivity contribution >= 4 is 17.7 Å². The zero-order valence-electron chi connectivity index (χ0n) is 9.56. The van der Waals surface area contributed by atoms with Crippen LogP contribution in [0.15, 0.2) is 29.2 Å². The van der Waals surface area contributed by atoms with Gasteiger partial charge in [0.1, 0.15) is 0 Å². The molecule has 0 aliphatic heterocycles. The van der Waals surface area contributed by atoms with Crippen LogP contribution >= 0.6 is 11.8 Å². The van der Waals surface area contributed by atoms with Crippen LogP contribution in [0.5, 0.6) is 0 Å². The number of amides is 1. The fourth-order valence-electron chi connectivity index (χ4n) is 1.37. The molecule has 0 radical (unpaired) electrons. The van der Waals surface area contributed by atoms with Gasteiger partial charge in [0.15, 0.2) is 0 Å². The van der Waals surface area contributed by atoms with Gasteiger partial charge in [-0.3, -0.25) is 4.79 Å². The lowest BCUT2D eigenvalue weighted by atomic mass is 10.2. The number of benzene rings is 1. The van der Waals surface area contributed by atoms with E-state index in [0.29, 0.717) is 5.56 Å². The van der Waals surface area contributed by atoms with E-state index in [-0.39, 0.29) is 18.6 Å². The third-order valence-corrected chi connectivity index (χ3v) is 3.20. The largest absolute Gasteiger partial charge is 0.394 e. The molecule has 0 heterocycles. The van der Waals surface area contributed by atoms with Crippen LogP contribution in [0.3, 0.4) is 0 Å². The lowest BCUT2D eigenvalue weighted by Crippen LogP contribution is -2.37. The van der Waals surface area contributed by atoms with Gasteiger partial charge in [0.2, 0.25) is 0 Å². The normalized spacial score (nSPS) is 12.2. The van der Waals surface area contributed by atoms with Crippen molar-refractivity contribution < 1.29 is 9.90 Å². The summed E-state index contributed by atoms with van der Waals surface area (Å²) in [5.74, 6) is -0.120. The van der Waals surface area contributed by atoms with Crippen LogP contribution in [-0.2, 0) is 0 Å². The summed E-state index contributed by atoms with van der Waals surface area (Å²) in [6.45, 7) is 1.91. The fraction of sp³-hybridized carbons (Fsp3) is 0.417. The number of rotatable bonds is 5. The van der Waals surface area contributed by atoms with Crippen LogP contribution in [0.1, 0.15) is 23.7 Å². The standard InChI is InChI=1S/C12H17NO2S/c1-3-9(8-14)13-12(15)10-6-4-5-7-11(10)16-2/h4-7,9,14H,3,8H2,1-2H3,(H,13,15). The molecule has 0 aliphatic rings. The van der Waals surface area contributed by atoms with E-state index in [2.05, 4.69) is 5.32 Å². The Morgan fingerprint density at radius 2 is 2.19 bits per heavy atom. The first kappa shape index (κ1) is 13.1. The van der Waals surface area contributed by atoms with Gasteiger partial charge >= 0.3 is 0 Å². The maximum Gasteiger partial charge on any atom is 0.252 e. The third-order valence-electron chi connectivity index (χ3n) is 2.40. The molecule has 2 N–H and O–H groups in total. The van der Waals surface area contributed by atoms with Crippen LogP contribution in [0.25, 0.3) is 0 Å². The predicted molar refractivity (Wildman–Crippen MR) is 66.9 cm³/mol. The minimum Gasteiger partial charge on any atom is -0.394 e. The van der Waals surface area contributed by atoms with Crippen LogP contribution in [0, 0.1) is 0 Å². The van der Waals surface area contributed by atoms with Crippen LogP contribution in [0.2, 0.25) is 0 Å². The van der Waals surface area contributed by atoms with Crippen molar-refractivity contribution in [1.29, 1.82) is 0 Å². The van der Waals surface area contributed by atoms with Crippen LogP contribution < -0.4 is 5.32 Å². The van der Waals surface area contributed by atoms with Crippen molar-refractivity contribution in [3.05, 3.63) is 29.8 Å². The maximum absolute atomic E-state index is 11.9. The number of nitrogens with one attached hydrogen (secondary N) is 1. The van der Waals surface area contributed by atoms with Crippen LogP contribution in [-0.4, -0.2) is 29.9 Å². The number of carbonyl (C=O) groups is 1. The fourth-order valence-corrected chi connectivity index (χ4v) is 1.97. The minimum absolute atomic E-state index is 0.0241. The second kappa shape index (κ2) is 6.55. The highest BCUT2D eigenvalue weighted by molar-refractivity contribution is 7.98. The molecular weight excluding hydrogens is 222 g/mol. The van der Waals surface area contributed by atoms with Gasteiger partial charge in [-0.1, -0.05) is 19.1 Å². The quantitative estimate of drug-likeness (QED) is 0.772. The molecule has 1 unspecified atom stereocenters. The first-order chi connectivity index (χ1) is 7.72. The molecule has 4 heteroatoms. The number of carbonyl (C=O) groups excluding carboxylic acids is 1. The van der Waals surface area contributed by atoms with Gasteiger partial charge in [0.05, 0.1) is 18.2 Å². The Hall–Kier alpha value is -1.00. The summed E-state index contributed by atoms with van der Waals surface area (Å²) in [6.07, 6.45) is 2.67. The average Bonchev–Trinajstić information content (AvgIpc) is 2.35. The Kier molecular flexibility index (Phi) is 5.35. The van der Waals surface area contributed by atoms with E-state index in [1.165, 1.54) is 0 Å². The molecule has 88 valence electrons. The van der Waals surface area contributed by atoms with Gasteiger partial charge in [-0.05, 0) is 24.8 Å². The Bertz CT molecular complexity index is 351. The molecule has 0 aliphatic carbocycles. The molecule has 0 fully saturated rings. The van der Waals surface area contributed by atoms with Crippen molar-refractivity contribution in [2.75, 3.05) is 12.9 Å². The SMILES string of the molecule is CCC(CO)NC(=O)c1ccccc1SC. The lowest BCUT2D eigenvalue weighted by Gasteiger charge is -2.15. The molecule has 1 aromatic rings. The van der Waals surface area contributed by atoms with E-state index < -0.39 is 0 Å². The van der Waals surface area contributed by atoms with Gasteiger partial charge in [0, 0.05) is 4.90 Å². The second-order valence-electron chi connectivity index (χ2n) is 3.46. The highest BCUT2D eigenvalue weighted by Gasteiger charge is 2.13. The second-order valence-corrected chi connectivity index (χ2v) is 4.31. The molecule has 1 amide bonds. The Morgan fingerprint density at radius 3 is 2.75 bits per heavy atom. The van der Waals surface area contributed by atoms with Crippen molar-refractivity contribution in [2.45, 2.75) is 24.3 Å². The molecule has 0 aromatic heterocycles. The summed E-state index contributed by atoms with van der Waals surface area (Å²) in [5, 5.41) is 11.8. The van der Waals surface area contributed by atoms with Crippen LogP contribution in [0.4, 0.5) is 0 Å². The van der Waals surface area contributed by atoms with Gasteiger partial charge in [-0.2, -0.15) is 0 Å². The summed E-state index contributed by atoms with van der Waals surface area (Å²) < 4.78 is 0. The first-order valence-electron chi connectivity index (χ1n) is 5.27. The highest BCUT2D eigenvalue weighted by Crippen LogP contribution is 2.19. The smallest absolute Gasteiger partial charge is 0.252 e. The summed E-state index contributed by atoms with van der Waals surface area (Å²) in [5.41, 5.74) is 0.668. The molecule has 1 rings (SSSR count). The van der Waals surface area contributed by atoms with E-state index in [4.69, 9.17) is 5.11 Å². The zero-order valence-corrected chi connectivity index (χ0v) is 10.4. The zero-order chi connectivity index (χ0) is 12.0. The molecule has 1 aromatic carbocycles. The summed E-state index contributed by atoms with van der Waals surface area (Å²) in [7, 11) is 0. The number of aliphatic hydroxyl groups is 1. The Labute approximate surface area is 100 Å². The van der Waals surface area contributed by atoms with Gasteiger partial charge in [-0.15, -0.1) is 11.8 Å².